The largest absolute Gasteiger partial charge is 0.178 e. The van der Waals surface area contributed by atoms with Gasteiger partial charge in [-0.2, -0.15) is 12.6 Å². The summed E-state index contributed by atoms with van der Waals surface area (Å²) in [6, 6.07) is 0. The molecule has 0 aliphatic rings. The molecule has 0 aromatic heterocycles. The molecule has 0 aliphatic carbocycles. The Morgan fingerprint density at radius 1 is 1.38 bits per heavy atom. The van der Waals surface area contributed by atoms with Crippen LogP contribution in [0.3, 0.4) is 0 Å². The molecular formula is C6H15PS. The highest BCUT2D eigenvalue weighted by Crippen LogP contribution is 2.27. The molecule has 0 N–H and O–H groups in total. The fourth-order valence-corrected chi connectivity index (χ4v) is 0.921. The van der Waals surface area contributed by atoms with Gasteiger partial charge >= 0.3 is 0 Å². The summed E-state index contributed by atoms with van der Waals surface area (Å²) in [5.74, 6) is 0.977. The second kappa shape index (κ2) is 3.74. The third-order valence-corrected chi connectivity index (χ3v) is 3.72. The predicted octanol–water partition coefficient (Wildman–Crippen LogP) is 2.35. The summed E-state index contributed by atoms with van der Waals surface area (Å²) in [6.07, 6.45) is 2.41. The van der Waals surface area contributed by atoms with Crippen molar-refractivity contribution in [3.63, 3.8) is 0 Å². The Kier molecular flexibility index (Phi) is 4.10. The summed E-state index contributed by atoms with van der Waals surface area (Å²) in [5.41, 5.74) is 0. The van der Waals surface area contributed by atoms with E-state index in [1.807, 2.05) is 0 Å². The van der Waals surface area contributed by atoms with Gasteiger partial charge in [0.15, 0.2) is 0 Å². The Hall–Kier alpha value is 0.780. The van der Waals surface area contributed by atoms with Crippen LogP contribution in [-0.2, 0) is 0 Å². The van der Waals surface area contributed by atoms with E-state index in [4.69, 9.17) is 0 Å². The molecule has 0 bridgehead atoms. The van der Waals surface area contributed by atoms with Gasteiger partial charge in [-0.05, 0) is 23.8 Å². The minimum absolute atomic E-state index is 0.406. The molecule has 0 radical (unpaired) electrons. The van der Waals surface area contributed by atoms with Gasteiger partial charge in [-0.25, -0.2) is 0 Å². The average molecular weight is 150 g/mol. The summed E-state index contributed by atoms with van der Waals surface area (Å²) in [5, 5.41) is 0.406. The summed E-state index contributed by atoms with van der Waals surface area (Å²) in [6.45, 7) is 4.40. The average Bonchev–Trinajstić information content (AvgIpc) is 1.87. The van der Waals surface area contributed by atoms with E-state index in [2.05, 4.69) is 35.7 Å². The summed E-state index contributed by atoms with van der Waals surface area (Å²) in [4.78, 5) is 0. The predicted molar refractivity (Wildman–Crippen MR) is 46.9 cm³/mol. The van der Waals surface area contributed by atoms with Crippen LogP contribution in [-0.4, -0.2) is 10.9 Å². The van der Waals surface area contributed by atoms with E-state index in [1.54, 1.807) is 0 Å². The van der Waals surface area contributed by atoms with Gasteiger partial charge in [-0.1, -0.05) is 13.8 Å². The van der Waals surface area contributed by atoms with Crippen molar-refractivity contribution < 1.29 is 0 Å². The lowest BCUT2D eigenvalue weighted by molar-refractivity contribution is 0.610. The Balaban J connectivity index is 3.58. The molecule has 0 fully saturated rings. The summed E-state index contributed by atoms with van der Waals surface area (Å²) >= 11 is 4.24. The van der Waals surface area contributed by atoms with E-state index >= 15 is 0 Å². The van der Waals surface area contributed by atoms with Gasteiger partial charge in [0.2, 0.25) is 0 Å². The molecular weight excluding hydrogens is 135 g/mol. The molecule has 0 aliphatic heterocycles. The Morgan fingerprint density at radius 2 is 1.75 bits per heavy atom. The first-order valence-electron chi connectivity index (χ1n) is 3.08. The second-order valence-corrected chi connectivity index (χ2v) is 3.77. The lowest BCUT2D eigenvalue weighted by Crippen LogP contribution is -2.19. The maximum Gasteiger partial charge on any atom is -0.000681 e. The van der Waals surface area contributed by atoms with Crippen LogP contribution >= 0.6 is 21.9 Å². The van der Waals surface area contributed by atoms with Crippen LogP contribution in [0, 0.1) is 0 Å². The van der Waals surface area contributed by atoms with Crippen molar-refractivity contribution in [3.05, 3.63) is 0 Å². The first-order chi connectivity index (χ1) is 3.68. The van der Waals surface area contributed by atoms with E-state index in [0.717, 1.165) is 5.75 Å². The molecule has 50 valence electrons. The van der Waals surface area contributed by atoms with Crippen LogP contribution in [0.1, 0.15) is 26.7 Å². The normalized spacial score (nSPS) is 12.0. The fraction of sp³-hybridized carbons (Fsp3) is 1.00. The van der Waals surface area contributed by atoms with Gasteiger partial charge in [0, 0.05) is 0 Å². The molecule has 2 heteroatoms. The molecule has 0 heterocycles. The maximum absolute atomic E-state index is 4.24. The molecule has 1 unspecified atom stereocenters. The van der Waals surface area contributed by atoms with Crippen molar-refractivity contribution in [1.82, 2.24) is 0 Å². The minimum Gasteiger partial charge on any atom is -0.178 e. The Labute approximate surface area is 60.0 Å². The standard InChI is InChI=1S/C6H15PS/c1-3-6(7,4-2)5-8/h8H,3-5,7H2,1-2H3. The van der Waals surface area contributed by atoms with Crippen LogP contribution in [0.2, 0.25) is 0 Å². The topological polar surface area (TPSA) is 0 Å². The molecule has 0 amide bonds. The molecule has 0 saturated heterocycles. The zero-order valence-electron chi connectivity index (χ0n) is 5.65. The minimum atomic E-state index is 0.406. The van der Waals surface area contributed by atoms with E-state index in [0.29, 0.717) is 5.16 Å². The van der Waals surface area contributed by atoms with Gasteiger partial charge in [0.1, 0.15) is 0 Å². The van der Waals surface area contributed by atoms with E-state index in [1.165, 1.54) is 12.8 Å². The number of hydrogen-bond acceptors (Lipinski definition) is 1. The lowest BCUT2D eigenvalue weighted by atomic mass is 10.1. The van der Waals surface area contributed by atoms with Crippen molar-refractivity contribution in [2.45, 2.75) is 31.8 Å². The lowest BCUT2D eigenvalue weighted by Gasteiger charge is -2.22. The van der Waals surface area contributed by atoms with Crippen molar-refractivity contribution in [2.24, 2.45) is 0 Å². The fourth-order valence-electron chi connectivity index (χ4n) is 0.474. The van der Waals surface area contributed by atoms with Crippen molar-refractivity contribution in [2.75, 3.05) is 5.75 Å². The molecule has 0 aromatic rings. The summed E-state index contributed by atoms with van der Waals surface area (Å²) in [7, 11) is 2.87. The molecule has 8 heavy (non-hydrogen) atoms. The van der Waals surface area contributed by atoms with Crippen LogP contribution < -0.4 is 0 Å². The molecule has 0 rings (SSSR count). The third-order valence-electron chi connectivity index (χ3n) is 1.72. The third kappa shape index (κ3) is 2.37. The summed E-state index contributed by atoms with van der Waals surface area (Å²) < 4.78 is 0. The van der Waals surface area contributed by atoms with Gasteiger partial charge in [0.25, 0.3) is 0 Å². The zero-order valence-corrected chi connectivity index (χ0v) is 7.70. The number of hydrogen-bond donors (Lipinski definition) is 1. The van der Waals surface area contributed by atoms with Crippen LogP contribution in [0.4, 0.5) is 0 Å². The highest BCUT2D eigenvalue weighted by molar-refractivity contribution is 7.80. The Bertz CT molecular complexity index is 51.3. The van der Waals surface area contributed by atoms with Crippen molar-refractivity contribution >= 4 is 21.9 Å². The van der Waals surface area contributed by atoms with Gasteiger partial charge in [0.05, 0.1) is 0 Å². The second-order valence-electron chi connectivity index (χ2n) is 2.23. The number of rotatable bonds is 3. The maximum atomic E-state index is 4.24. The van der Waals surface area contributed by atoms with Gasteiger partial charge in [-0.3, -0.25) is 0 Å². The van der Waals surface area contributed by atoms with E-state index < -0.39 is 0 Å². The van der Waals surface area contributed by atoms with Gasteiger partial charge in [-0.15, -0.1) is 9.24 Å². The smallest absolute Gasteiger partial charge is 0.000681 e. The molecule has 0 aromatic carbocycles. The van der Waals surface area contributed by atoms with Crippen molar-refractivity contribution in [1.29, 1.82) is 0 Å². The monoisotopic (exact) mass is 150 g/mol. The Morgan fingerprint density at radius 3 is 1.75 bits per heavy atom. The first kappa shape index (κ1) is 8.78. The van der Waals surface area contributed by atoms with Gasteiger partial charge < -0.3 is 0 Å². The van der Waals surface area contributed by atoms with Crippen LogP contribution in [0.25, 0.3) is 0 Å². The van der Waals surface area contributed by atoms with Crippen LogP contribution in [0.15, 0.2) is 0 Å². The molecule has 0 nitrogen and oxygen atoms in total. The quantitative estimate of drug-likeness (QED) is 0.463. The van der Waals surface area contributed by atoms with E-state index in [-0.39, 0.29) is 0 Å². The molecule has 0 spiro atoms. The van der Waals surface area contributed by atoms with Crippen molar-refractivity contribution in [3.8, 4) is 0 Å². The highest BCUT2D eigenvalue weighted by atomic mass is 32.1. The van der Waals surface area contributed by atoms with E-state index in [9.17, 15) is 0 Å². The zero-order chi connectivity index (χ0) is 6.62. The van der Waals surface area contributed by atoms with Crippen LogP contribution in [0.5, 0.6) is 0 Å². The SMILES string of the molecule is CCC(P)(CC)CS. The molecule has 0 saturated carbocycles. The number of thiol groups is 1. The molecule has 1 atom stereocenters. The highest BCUT2D eigenvalue weighted by Gasteiger charge is 2.16. The first-order valence-corrected chi connectivity index (χ1v) is 4.29.